The van der Waals surface area contributed by atoms with Crippen molar-refractivity contribution in [3.63, 3.8) is 0 Å². The Balaban J connectivity index is 1.60. The normalized spacial score (nSPS) is 47.8. The molecule has 1 saturated carbocycles. The molecule has 2 unspecified atom stereocenters. The summed E-state index contributed by atoms with van der Waals surface area (Å²) in [6, 6.07) is 8.04. The summed E-state index contributed by atoms with van der Waals surface area (Å²) >= 11 is 0. The molecular formula is C24H30N2O5. The zero-order valence-corrected chi connectivity index (χ0v) is 18.4. The lowest BCUT2D eigenvalue weighted by atomic mass is 9.61. The van der Waals surface area contributed by atoms with Crippen LogP contribution in [0.3, 0.4) is 0 Å². The minimum atomic E-state index is -1.24. The zero-order chi connectivity index (χ0) is 21.9. The highest BCUT2D eigenvalue weighted by Crippen LogP contribution is 2.72. The van der Waals surface area contributed by atoms with E-state index in [0.717, 1.165) is 24.1 Å². The Morgan fingerprint density at radius 1 is 1.19 bits per heavy atom. The second-order valence-corrected chi connectivity index (χ2v) is 10.1. The molecule has 5 bridgehead atoms. The van der Waals surface area contributed by atoms with Gasteiger partial charge in [0.15, 0.2) is 12.0 Å². The molecule has 4 saturated heterocycles. The first-order valence-corrected chi connectivity index (χ1v) is 11.4. The minimum Gasteiger partial charge on any atom is -0.461 e. The van der Waals surface area contributed by atoms with Gasteiger partial charge < -0.3 is 19.5 Å². The predicted octanol–water partition coefficient (Wildman–Crippen LogP) is 2.02. The van der Waals surface area contributed by atoms with Crippen LogP contribution in [0.2, 0.25) is 0 Å². The Morgan fingerprint density at radius 3 is 2.58 bits per heavy atom. The van der Waals surface area contributed by atoms with Gasteiger partial charge in [-0.15, -0.1) is 0 Å². The number of carbonyl (C=O) groups is 2. The lowest BCUT2D eigenvalue weighted by Gasteiger charge is -2.65. The van der Waals surface area contributed by atoms with Crippen molar-refractivity contribution < 1.29 is 24.2 Å². The number of benzene rings is 1. The molecule has 5 heterocycles. The number of piperidine rings is 4. The van der Waals surface area contributed by atoms with Gasteiger partial charge in [0.25, 0.3) is 0 Å². The highest BCUT2D eigenvalue weighted by Gasteiger charge is 2.83. The number of rotatable bonds is 3. The molecule has 0 radical (unpaired) electrons. The standard InChI is InChI=1S/C24H30N2O5/c1-5-14-15-10-19-24(29)23(16-8-6-7-9-17(16)25(24)4)11-18(20(15)21(23)30-12(2)27)26(19)22(14)31-13(3)28/h6-9,14-15,18-22,29H,5,10-11H2,1-4H3/t14-,15-,18-,19-,20-,21+,22+,23?,24-/m0/s1. The van der Waals surface area contributed by atoms with Crippen molar-refractivity contribution in [1.82, 2.24) is 4.90 Å². The number of fused-ring (bicyclic) bond motifs is 2. The maximum Gasteiger partial charge on any atom is 0.304 e. The van der Waals surface area contributed by atoms with Crippen molar-refractivity contribution in [2.24, 2.45) is 17.8 Å². The highest BCUT2D eigenvalue weighted by atomic mass is 16.6. The maximum absolute atomic E-state index is 12.6. The van der Waals surface area contributed by atoms with E-state index in [1.807, 2.05) is 30.1 Å². The van der Waals surface area contributed by atoms with Crippen molar-refractivity contribution >= 4 is 17.6 Å². The van der Waals surface area contributed by atoms with E-state index in [2.05, 4.69) is 17.9 Å². The van der Waals surface area contributed by atoms with E-state index in [9.17, 15) is 14.7 Å². The van der Waals surface area contributed by atoms with E-state index < -0.39 is 17.2 Å². The van der Waals surface area contributed by atoms with Gasteiger partial charge in [0.1, 0.15) is 6.10 Å². The molecule has 31 heavy (non-hydrogen) atoms. The van der Waals surface area contributed by atoms with Crippen LogP contribution in [0.1, 0.15) is 45.6 Å². The van der Waals surface area contributed by atoms with Crippen LogP contribution in [0, 0.1) is 17.8 Å². The minimum absolute atomic E-state index is 0.111. The van der Waals surface area contributed by atoms with Crippen LogP contribution in [-0.4, -0.2) is 59.1 Å². The fraction of sp³-hybridized carbons (Fsp3) is 0.667. The molecule has 7 rings (SSSR count). The van der Waals surface area contributed by atoms with Crippen molar-refractivity contribution in [3.8, 4) is 0 Å². The Morgan fingerprint density at radius 2 is 1.90 bits per heavy atom. The van der Waals surface area contributed by atoms with Crippen LogP contribution in [0.4, 0.5) is 5.69 Å². The van der Waals surface area contributed by atoms with Crippen molar-refractivity contribution in [3.05, 3.63) is 29.8 Å². The van der Waals surface area contributed by atoms with Crippen LogP contribution in [0.15, 0.2) is 24.3 Å². The summed E-state index contributed by atoms with van der Waals surface area (Å²) in [5, 5.41) is 12.6. The Labute approximate surface area is 182 Å². The summed E-state index contributed by atoms with van der Waals surface area (Å²) in [6.07, 6.45) is 1.63. The molecule has 1 aliphatic carbocycles. The molecule has 0 amide bonds. The largest absolute Gasteiger partial charge is 0.461 e. The summed E-state index contributed by atoms with van der Waals surface area (Å²) in [6.45, 7) is 5.06. The maximum atomic E-state index is 12.6. The van der Waals surface area contributed by atoms with E-state index in [4.69, 9.17) is 9.47 Å². The fourth-order valence-corrected chi connectivity index (χ4v) is 8.47. The lowest BCUT2D eigenvalue weighted by molar-refractivity contribution is -0.257. The summed E-state index contributed by atoms with van der Waals surface area (Å²) in [4.78, 5) is 28.6. The molecule has 1 aromatic carbocycles. The summed E-state index contributed by atoms with van der Waals surface area (Å²) in [5.74, 6) is -0.0840. The van der Waals surface area contributed by atoms with Crippen LogP contribution in [0.5, 0.6) is 0 Å². The number of esters is 2. The van der Waals surface area contributed by atoms with Gasteiger partial charge >= 0.3 is 11.9 Å². The number of ether oxygens (including phenoxy) is 2. The number of para-hydroxylation sites is 1. The van der Waals surface area contributed by atoms with Gasteiger partial charge in [-0.05, 0) is 36.8 Å². The van der Waals surface area contributed by atoms with Crippen LogP contribution >= 0.6 is 0 Å². The third kappa shape index (κ3) is 1.99. The molecule has 1 spiro atoms. The first-order valence-electron chi connectivity index (χ1n) is 11.4. The van der Waals surface area contributed by atoms with Gasteiger partial charge in [-0.3, -0.25) is 14.5 Å². The van der Waals surface area contributed by atoms with E-state index in [-0.39, 0.29) is 48.0 Å². The number of hydrogen-bond donors (Lipinski definition) is 1. The number of carbonyl (C=O) groups excluding carboxylic acids is 2. The highest BCUT2D eigenvalue weighted by molar-refractivity contribution is 5.71. The van der Waals surface area contributed by atoms with E-state index in [1.54, 1.807) is 0 Å². The smallest absolute Gasteiger partial charge is 0.304 e. The molecule has 166 valence electrons. The predicted molar refractivity (Wildman–Crippen MR) is 112 cm³/mol. The summed E-state index contributed by atoms with van der Waals surface area (Å²) < 4.78 is 12.0. The van der Waals surface area contributed by atoms with E-state index in [0.29, 0.717) is 6.42 Å². The van der Waals surface area contributed by atoms with Gasteiger partial charge in [0.2, 0.25) is 0 Å². The number of nitrogens with zero attached hydrogens (tertiary/aromatic N) is 2. The SMILES string of the molecule is CC[C@H]1[C@@H]2C[C@@H]3N([C@@H]1OC(C)=O)[C@H]1CC4(c5ccccc5N(C)[C@]34O)[C@H](OC(C)=O)[C@@H]21. The molecule has 7 nitrogen and oxygen atoms in total. The van der Waals surface area contributed by atoms with Crippen molar-refractivity contribution in [2.75, 3.05) is 11.9 Å². The molecule has 10 atom stereocenters. The third-order valence-electron chi connectivity index (χ3n) is 9.18. The van der Waals surface area contributed by atoms with Crippen LogP contribution in [0.25, 0.3) is 0 Å². The number of anilines is 1. The van der Waals surface area contributed by atoms with E-state index >= 15 is 0 Å². The van der Waals surface area contributed by atoms with Gasteiger partial charge in [-0.25, -0.2) is 0 Å². The molecule has 7 heteroatoms. The topological polar surface area (TPSA) is 79.3 Å². The van der Waals surface area contributed by atoms with E-state index in [1.165, 1.54) is 13.8 Å². The van der Waals surface area contributed by atoms with Crippen molar-refractivity contribution in [2.45, 2.75) is 75.6 Å². The second kappa shape index (κ2) is 6.01. The Kier molecular flexibility index (Phi) is 3.79. The average Bonchev–Trinajstić information content (AvgIpc) is 3.12. The van der Waals surface area contributed by atoms with Gasteiger partial charge in [0, 0.05) is 44.5 Å². The second-order valence-electron chi connectivity index (χ2n) is 10.1. The summed E-state index contributed by atoms with van der Waals surface area (Å²) in [7, 11) is 1.94. The quantitative estimate of drug-likeness (QED) is 0.741. The van der Waals surface area contributed by atoms with Crippen LogP contribution in [-0.2, 0) is 24.5 Å². The molecule has 0 aromatic heterocycles. The number of likely N-dealkylation sites (N-methyl/N-ethyl adjacent to an activating group) is 1. The molecule has 6 aliphatic rings. The van der Waals surface area contributed by atoms with Gasteiger partial charge in [0.05, 0.1) is 11.5 Å². The molecule has 1 aromatic rings. The monoisotopic (exact) mass is 426 g/mol. The zero-order valence-electron chi connectivity index (χ0n) is 18.4. The molecule has 1 N–H and O–H groups in total. The first kappa shape index (κ1) is 19.6. The fourth-order valence-electron chi connectivity index (χ4n) is 8.47. The molecule has 5 fully saturated rings. The average molecular weight is 427 g/mol. The van der Waals surface area contributed by atoms with Crippen molar-refractivity contribution in [1.29, 1.82) is 0 Å². The Bertz CT molecular complexity index is 982. The lowest BCUT2D eigenvalue weighted by Crippen LogP contribution is -2.78. The molecule has 5 aliphatic heterocycles. The number of aliphatic hydroxyl groups is 1. The number of hydrogen-bond acceptors (Lipinski definition) is 7. The summed E-state index contributed by atoms with van der Waals surface area (Å²) in [5.41, 5.74) is 0.138. The van der Waals surface area contributed by atoms with Gasteiger partial charge in [-0.1, -0.05) is 25.1 Å². The third-order valence-corrected chi connectivity index (χ3v) is 9.18. The van der Waals surface area contributed by atoms with Gasteiger partial charge in [-0.2, -0.15) is 0 Å². The molecular weight excluding hydrogens is 396 g/mol. The van der Waals surface area contributed by atoms with Crippen LogP contribution < -0.4 is 4.90 Å². The first-order chi connectivity index (χ1) is 14.8. The Hall–Kier alpha value is -2.12.